The van der Waals surface area contributed by atoms with Crippen LogP contribution >= 0.6 is 0 Å². The quantitative estimate of drug-likeness (QED) is 0.346. The average molecular weight is 459 g/mol. The Kier molecular flexibility index (Phi) is 5.92. The first-order chi connectivity index (χ1) is 15.2. The van der Waals surface area contributed by atoms with Crippen LogP contribution in [0, 0.1) is 0 Å². The molecule has 0 spiro atoms. The van der Waals surface area contributed by atoms with Gasteiger partial charge in [0.15, 0.2) is 0 Å². The molecule has 0 saturated heterocycles. The summed E-state index contributed by atoms with van der Waals surface area (Å²) in [6.07, 6.45) is 0.455. The number of nitrogens with zero attached hydrogens (tertiary/aromatic N) is 2. The zero-order valence-electron chi connectivity index (χ0n) is 16.5. The predicted octanol–water partition coefficient (Wildman–Crippen LogP) is 5.19. The van der Waals surface area contributed by atoms with E-state index in [0.717, 1.165) is 34.5 Å². The van der Waals surface area contributed by atoms with E-state index in [0.29, 0.717) is 11.6 Å². The molecule has 1 unspecified atom stereocenters. The zero-order chi connectivity index (χ0) is 22.8. The summed E-state index contributed by atoms with van der Waals surface area (Å²) in [4.78, 5) is 3.67. The summed E-state index contributed by atoms with van der Waals surface area (Å²) in [6, 6.07) is 14.8. The Labute approximate surface area is 182 Å². The molecule has 0 aliphatic heterocycles. The van der Waals surface area contributed by atoms with Crippen molar-refractivity contribution in [2.75, 3.05) is 0 Å². The van der Waals surface area contributed by atoms with E-state index < -0.39 is 22.1 Å². The van der Waals surface area contributed by atoms with E-state index in [1.807, 2.05) is 24.3 Å². The molecule has 0 amide bonds. The highest BCUT2D eigenvalue weighted by Crippen LogP contribution is 2.32. The van der Waals surface area contributed by atoms with Crippen LogP contribution in [-0.4, -0.2) is 19.7 Å². The lowest BCUT2D eigenvalue weighted by Gasteiger charge is -2.10. The smallest absolute Gasteiger partial charge is 0.277 e. The Bertz CT molecular complexity index is 1280. The molecule has 6 nitrogen and oxygen atoms in total. The number of nitrogens with one attached hydrogen (secondary N) is 2. The Hall–Kier alpha value is -3.34. The maximum Gasteiger partial charge on any atom is 0.416 e. The summed E-state index contributed by atoms with van der Waals surface area (Å²) in [5, 5.41) is 7.08. The third-order valence-corrected chi connectivity index (χ3v) is 6.23. The number of halogens is 3. The topological polar surface area (TPSA) is 90.9 Å². The van der Waals surface area contributed by atoms with Crippen LogP contribution in [0.25, 0.3) is 22.4 Å². The monoisotopic (exact) mass is 459 g/mol. The lowest BCUT2D eigenvalue weighted by atomic mass is 10.0. The van der Waals surface area contributed by atoms with Crippen molar-refractivity contribution < 1.29 is 21.9 Å². The third kappa shape index (κ3) is 4.77. The van der Waals surface area contributed by atoms with Crippen molar-refractivity contribution >= 4 is 10.4 Å². The fraction of sp³-hybridized carbons (Fsp3) is 0.0909. The minimum atomic E-state index is -4.60. The molecule has 2 aromatic heterocycles. The van der Waals surface area contributed by atoms with E-state index in [9.17, 15) is 21.9 Å². The second-order valence-electron chi connectivity index (χ2n) is 6.97. The molecule has 10 heteroatoms. The highest BCUT2D eigenvalue weighted by atomic mass is 32.3. The van der Waals surface area contributed by atoms with Gasteiger partial charge in [0, 0.05) is 29.6 Å². The van der Waals surface area contributed by atoms with Gasteiger partial charge in [-0.3, -0.25) is 10.1 Å². The molecule has 164 valence electrons. The van der Waals surface area contributed by atoms with Crippen LogP contribution in [0.5, 0.6) is 0 Å². The number of benzene rings is 2. The highest BCUT2D eigenvalue weighted by molar-refractivity contribution is 7.95. The van der Waals surface area contributed by atoms with Crippen molar-refractivity contribution in [1.29, 1.82) is 0 Å². The summed E-state index contributed by atoms with van der Waals surface area (Å²) in [6.45, 7) is -0.0296. The summed E-state index contributed by atoms with van der Waals surface area (Å²) in [5.74, 6) is 0. The number of aromatic amines is 1. The van der Waals surface area contributed by atoms with Gasteiger partial charge in [-0.2, -0.15) is 22.8 Å². The van der Waals surface area contributed by atoms with Gasteiger partial charge in [-0.15, -0.1) is 0 Å². The molecule has 4 rings (SSSR count). The molecule has 0 aliphatic carbocycles. The van der Waals surface area contributed by atoms with Crippen molar-refractivity contribution in [3.63, 3.8) is 0 Å². The predicted molar refractivity (Wildman–Crippen MR) is 114 cm³/mol. The van der Waals surface area contributed by atoms with E-state index in [-0.39, 0.29) is 11.4 Å². The summed E-state index contributed by atoms with van der Waals surface area (Å²) in [5.41, 5.74) is 3.05. The molecule has 3 N–H and O–H groups in total. The maximum absolute atomic E-state index is 12.9. The van der Waals surface area contributed by atoms with E-state index in [1.54, 1.807) is 30.7 Å². The molecule has 2 aromatic carbocycles. The number of hydrogen-bond donors (Lipinski definition) is 3. The Morgan fingerprint density at radius 1 is 1.00 bits per heavy atom. The van der Waals surface area contributed by atoms with Crippen molar-refractivity contribution in [1.82, 2.24) is 19.9 Å². The van der Waals surface area contributed by atoms with Crippen LogP contribution in [0.15, 0.2) is 84.1 Å². The fourth-order valence-electron chi connectivity index (χ4n) is 3.20. The Morgan fingerprint density at radius 2 is 1.75 bits per heavy atom. The molecule has 32 heavy (non-hydrogen) atoms. The lowest BCUT2D eigenvalue weighted by molar-refractivity contribution is -0.137. The van der Waals surface area contributed by atoms with Crippen molar-refractivity contribution in [2.45, 2.75) is 17.6 Å². The number of hydrogen-bond acceptors (Lipinski definition) is 3. The molecule has 2 heterocycles. The van der Waals surface area contributed by atoms with Crippen molar-refractivity contribution in [2.24, 2.45) is 0 Å². The standard InChI is InChI=1S/C22H17F3N4O2S/c23-22(24,25)18-5-2-6-19(12-18)32(30,31)28-13-15-3-1-4-17(11-15)21-20(14-27-29-21)16-7-9-26-10-8-16/h1-12,14H,13H2,(H2-,27,28,29,30,31)/p+1. The molecule has 0 saturated carbocycles. The first kappa shape index (κ1) is 21.9. The minimum Gasteiger partial charge on any atom is -0.277 e. The van der Waals surface area contributed by atoms with Gasteiger partial charge < -0.3 is 0 Å². The molecule has 0 radical (unpaired) electrons. The molecule has 1 atom stereocenters. The Morgan fingerprint density at radius 3 is 2.50 bits per heavy atom. The number of aromatic nitrogens is 3. The van der Waals surface area contributed by atoms with Gasteiger partial charge in [-0.25, -0.2) is 0 Å². The average Bonchev–Trinajstić information content (AvgIpc) is 3.28. The number of rotatable bonds is 6. The van der Waals surface area contributed by atoms with E-state index in [2.05, 4.69) is 19.9 Å². The van der Waals surface area contributed by atoms with Crippen LogP contribution < -0.4 is 4.72 Å². The first-order valence-electron chi connectivity index (χ1n) is 9.46. The fourth-order valence-corrected chi connectivity index (χ4v) is 4.28. The molecule has 0 aliphatic rings. The SMILES string of the molecule is O=[S+](O)(NCc1cccc(-c2[nH]ncc2-c2ccncc2)c1)c1cccc(C(F)(F)F)c1. The van der Waals surface area contributed by atoms with Gasteiger partial charge in [0.05, 0.1) is 24.0 Å². The minimum absolute atomic E-state index is 0.0296. The number of pyridine rings is 1. The van der Waals surface area contributed by atoms with Crippen LogP contribution in [0.2, 0.25) is 0 Å². The molecule has 0 bridgehead atoms. The summed E-state index contributed by atoms with van der Waals surface area (Å²) >= 11 is 0. The molecule has 0 fully saturated rings. The van der Waals surface area contributed by atoms with Crippen LogP contribution in [0.1, 0.15) is 11.1 Å². The van der Waals surface area contributed by atoms with E-state index >= 15 is 0 Å². The molecular formula is C22H18F3N4O2S+. The largest absolute Gasteiger partial charge is 0.416 e. The van der Waals surface area contributed by atoms with E-state index in [4.69, 9.17) is 0 Å². The van der Waals surface area contributed by atoms with Gasteiger partial charge in [-0.1, -0.05) is 29.0 Å². The molecular weight excluding hydrogens is 441 g/mol. The second-order valence-corrected chi connectivity index (χ2v) is 8.78. The number of H-pyrrole nitrogens is 1. The van der Waals surface area contributed by atoms with Crippen molar-refractivity contribution in [3.05, 3.63) is 90.4 Å². The summed E-state index contributed by atoms with van der Waals surface area (Å²) in [7, 11) is -3.89. The maximum atomic E-state index is 12.9. The van der Waals surface area contributed by atoms with Gasteiger partial charge in [0.1, 0.15) is 0 Å². The van der Waals surface area contributed by atoms with Crippen LogP contribution in [0.4, 0.5) is 13.2 Å². The van der Waals surface area contributed by atoms with Gasteiger partial charge in [0.25, 0.3) is 0 Å². The van der Waals surface area contributed by atoms with Crippen LogP contribution in [-0.2, 0) is 27.3 Å². The number of alkyl halides is 3. The Balaban J connectivity index is 1.55. The normalized spacial score (nSPS) is 13.6. The third-order valence-electron chi connectivity index (χ3n) is 4.80. The van der Waals surface area contributed by atoms with E-state index in [1.165, 1.54) is 6.07 Å². The summed E-state index contributed by atoms with van der Waals surface area (Å²) < 4.78 is 64.2. The van der Waals surface area contributed by atoms with Gasteiger partial charge in [-0.05, 0) is 45.7 Å². The lowest BCUT2D eigenvalue weighted by Crippen LogP contribution is -2.29. The van der Waals surface area contributed by atoms with Crippen LogP contribution in [0.3, 0.4) is 0 Å². The zero-order valence-corrected chi connectivity index (χ0v) is 17.3. The van der Waals surface area contributed by atoms with Gasteiger partial charge >= 0.3 is 16.6 Å². The highest BCUT2D eigenvalue weighted by Gasteiger charge is 2.35. The second kappa shape index (κ2) is 8.65. The van der Waals surface area contributed by atoms with Gasteiger partial charge in [0.2, 0.25) is 4.90 Å². The first-order valence-corrected chi connectivity index (χ1v) is 11.0. The van der Waals surface area contributed by atoms with Crippen molar-refractivity contribution in [3.8, 4) is 22.4 Å². The molecule has 4 aromatic rings.